The highest BCUT2D eigenvalue weighted by atomic mass is 16.8. The van der Waals surface area contributed by atoms with E-state index >= 15 is 0 Å². The summed E-state index contributed by atoms with van der Waals surface area (Å²) in [5, 5.41) is 56.5. The van der Waals surface area contributed by atoms with Crippen LogP contribution in [0, 0.1) is 13.8 Å². The molecule has 1 saturated heterocycles. The van der Waals surface area contributed by atoms with Crippen molar-refractivity contribution in [3.63, 3.8) is 0 Å². The summed E-state index contributed by atoms with van der Waals surface area (Å²) in [7, 11) is 0. The molecule has 302 valence electrons. The number of aliphatic carboxylic acids is 1. The lowest BCUT2D eigenvalue weighted by atomic mass is 9.98. The molecule has 7 atom stereocenters. The number of aromatic nitrogens is 2. The van der Waals surface area contributed by atoms with Gasteiger partial charge in [-0.1, -0.05) is 29.3 Å². The predicted molar refractivity (Wildman–Crippen MR) is 205 cm³/mol. The van der Waals surface area contributed by atoms with E-state index in [0.717, 1.165) is 22.1 Å². The second-order valence-electron chi connectivity index (χ2n) is 13.8. The minimum absolute atomic E-state index is 0.0249. The van der Waals surface area contributed by atoms with E-state index in [0.29, 0.717) is 23.1 Å². The van der Waals surface area contributed by atoms with Crippen LogP contribution in [0.15, 0.2) is 94.6 Å². The standard InChI is InChI=1S/C41H39N3O14/c1-20-14-21(2)16-24(15-20)32-30-23(10-12-43-30)18-44(32)58-37-35(49)34(48)36(40(53)57-39(52)31(38(50)51)42-11-3-13-45)56-41(37)55-26-8-9-27-29(17-26)54-19-28(33(27)47)22-4-6-25(46)7-5-22/h4-10,12-19,31,34-37,40-43,46,48-49,53H,3,11H2,1-2H3,(H,50,51). The second kappa shape index (κ2) is 16.5. The van der Waals surface area contributed by atoms with Gasteiger partial charge in [-0.3, -0.25) is 10.1 Å². The number of hydrogen-bond acceptors (Lipinski definition) is 14. The van der Waals surface area contributed by atoms with E-state index < -0.39 is 55.0 Å². The van der Waals surface area contributed by atoms with Gasteiger partial charge in [-0.25, -0.2) is 9.59 Å². The Morgan fingerprint density at radius 2 is 1.74 bits per heavy atom. The van der Waals surface area contributed by atoms with E-state index in [9.17, 15) is 44.7 Å². The Labute approximate surface area is 328 Å². The van der Waals surface area contributed by atoms with Gasteiger partial charge in [0.2, 0.25) is 24.7 Å². The van der Waals surface area contributed by atoms with Gasteiger partial charge in [0, 0.05) is 36.2 Å². The molecule has 58 heavy (non-hydrogen) atoms. The van der Waals surface area contributed by atoms with E-state index in [2.05, 4.69) is 10.3 Å². The first-order valence-corrected chi connectivity index (χ1v) is 18.1. The van der Waals surface area contributed by atoms with Crippen LogP contribution in [-0.2, 0) is 23.9 Å². The summed E-state index contributed by atoms with van der Waals surface area (Å²) in [5.74, 6) is -3.08. The number of carbonyl (C=O) groups excluding carboxylic acids is 2. The topological polar surface area (TPSA) is 252 Å². The highest BCUT2D eigenvalue weighted by molar-refractivity contribution is 5.98. The normalized spacial score (nSPS) is 20.4. The van der Waals surface area contributed by atoms with Crippen LogP contribution < -0.4 is 20.3 Å². The first kappa shape index (κ1) is 39.7. The number of carboxylic acid groups (broad SMARTS) is 1. The van der Waals surface area contributed by atoms with Gasteiger partial charge in [-0.15, -0.1) is 0 Å². The Morgan fingerprint density at radius 3 is 2.45 bits per heavy atom. The number of nitrogens with zero attached hydrogens (tertiary/aromatic N) is 1. The minimum Gasteiger partial charge on any atom is -0.508 e. The SMILES string of the molecule is Cc1cc(C)cc(-c2c3[nH]ccc3cn2OC2C(Oc3ccc4c(=O)c(-c5ccc(O)cc5)coc4c3)OC(C(O)OC(=O)C(NCCC=O)C(=O)O)C(O)C2O)c1. The molecule has 17 heteroatoms. The van der Waals surface area contributed by atoms with E-state index in [4.69, 9.17) is 23.5 Å². The van der Waals surface area contributed by atoms with Crippen molar-refractivity contribution in [2.24, 2.45) is 0 Å². The lowest BCUT2D eigenvalue weighted by Crippen LogP contribution is -2.65. The number of aldehydes is 1. The molecule has 3 aromatic heterocycles. The smallest absolute Gasteiger partial charge is 0.337 e. The van der Waals surface area contributed by atoms with Gasteiger partial charge in [-0.05, 0) is 61.9 Å². The third-order valence-corrected chi connectivity index (χ3v) is 9.59. The van der Waals surface area contributed by atoms with E-state index in [1.54, 1.807) is 24.5 Å². The number of phenolic OH excluding ortho intramolecular Hbond substituents is 1. The van der Waals surface area contributed by atoms with Gasteiger partial charge in [0.15, 0.2) is 11.5 Å². The number of H-pyrrole nitrogens is 1. The average Bonchev–Trinajstić information content (AvgIpc) is 3.77. The molecular weight excluding hydrogens is 758 g/mol. The number of aromatic amines is 1. The summed E-state index contributed by atoms with van der Waals surface area (Å²) in [5.41, 5.74) is 4.41. The zero-order valence-corrected chi connectivity index (χ0v) is 31.0. The number of esters is 1. The fourth-order valence-electron chi connectivity index (χ4n) is 6.87. The summed E-state index contributed by atoms with van der Waals surface area (Å²) < 4.78 is 24.4. The zero-order chi connectivity index (χ0) is 41.2. The number of aliphatic hydroxyl groups excluding tert-OH is 3. The Hall–Kier alpha value is -6.50. The number of phenols is 1. The number of aliphatic hydroxyl groups is 3. The molecule has 0 amide bonds. The summed E-state index contributed by atoms with van der Waals surface area (Å²) in [6, 6.07) is 15.9. The number of carboxylic acids is 1. The van der Waals surface area contributed by atoms with Crippen molar-refractivity contribution in [1.82, 2.24) is 15.0 Å². The first-order chi connectivity index (χ1) is 27.8. The van der Waals surface area contributed by atoms with Crippen LogP contribution in [0.3, 0.4) is 0 Å². The molecule has 3 aromatic carbocycles. The molecule has 4 heterocycles. The third-order valence-electron chi connectivity index (χ3n) is 9.59. The summed E-state index contributed by atoms with van der Waals surface area (Å²) >= 11 is 0. The molecule has 6 aromatic rings. The van der Waals surface area contributed by atoms with Crippen molar-refractivity contribution in [1.29, 1.82) is 0 Å². The highest BCUT2D eigenvalue weighted by Gasteiger charge is 2.52. The van der Waals surface area contributed by atoms with Crippen LogP contribution in [0.25, 0.3) is 44.3 Å². The first-order valence-electron chi connectivity index (χ1n) is 18.1. The van der Waals surface area contributed by atoms with Crippen molar-refractivity contribution in [2.75, 3.05) is 6.54 Å². The number of aromatic hydroxyl groups is 1. The lowest BCUT2D eigenvalue weighted by molar-refractivity contribution is -0.318. The number of aryl methyl sites for hydroxylation is 2. The van der Waals surface area contributed by atoms with E-state index in [1.165, 1.54) is 41.3 Å². The monoisotopic (exact) mass is 797 g/mol. The van der Waals surface area contributed by atoms with Crippen molar-refractivity contribution in [2.45, 2.75) is 63.3 Å². The van der Waals surface area contributed by atoms with Crippen molar-refractivity contribution in [3.05, 3.63) is 107 Å². The van der Waals surface area contributed by atoms with Crippen molar-refractivity contribution < 1.29 is 63.4 Å². The molecular formula is C41H39N3O14. The number of benzene rings is 3. The van der Waals surface area contributed by atoms with Crippen LogP contribution >= 0.6 is 0 Å². The van der Waals surface area contributed by atoms with Gasteiger partial charge in [-0.2, -0.15) is 4.73 Å². The minimum atomic E-state index is -2.34. The van der Waals surface area contributed by atoms with Gasteiger partial charge in [0.25, 0.3) is 0 Å². The molecule has 0 bridgehead atoms. The molecule has 1 fully saturated rings. The fourth-order valence-corrected chi connectivity index (χ4v) is 6.87. The molecule has 17 nitrogen and oxygen atoms in total. The molecule has 7 rings (SSSR count). The predicted octanol–water partition coefficient (Wildman–Crippen LogP) is 2.55. The highest BCUT2D eigenvalue weighted by Crippen LogP contribution is 2.34. The maximum Gasteiger partial charge on any atom is 0.337 e. The maximum atomic E-state index is 13.5. The summed E-state index contributed by atoms with van der Waals surface area (Å²) in [4.78, 5) is 58.4. The Balaban J connectivity index is 1.23. The van der Waals surface area contributed by atoms with Crippen molar-refractivity contribution in [3.8, 4) is 33.9 Å². The van der Waals surface area contributed by atoms with Gasteiger partial charge in [0.1, 0.15) is 47.5 Å². The maximum absolute atomic E-state index is 13.5. The summed E-state index contributed by atoms with van der Waals surface area (Å²) in [6.07, 6.45) is -6.37. The summed E-state index contributed by atoms with van der Waals surface area (Å²) in [6.45, 7) is 3.69. The van der Waals surface area contributed by atoms with Crippen LogP contribution in [0.1, 0.15) is 17.5 Å². The van der Waals surface area contributed by atoms with Crippen LogP contribution in [0.2, 0.25) is 0 Å². The van der Waals surface area contributed by atoms with Gasteiger partial charge in [0.05, 0.1) is 22.7 Å². The molecule has 1 aliphatic heterocycles. The molecule has 7 N–H and O–H groups in total. The average molecular weight is 798 g/mol. The molecule has 1 aliphatic rings. The Morgan fingerprint density at radius 1 is 1.00 bits per heavy atom. The van der Waals surface area contributed by atoms with Gasteiger partial charge < -0.3 is 58.8 Å². The van der Waals surface area contributed by atoms with Gasteiger partial charge >= 0.3 is 11.9 Å². The number of rotatable bonds is 14. The Kier molecular flexibility index (Phi) is 11.3. The molecule has 0 aliphatic carbocycles. The molecule has 0 saturated carbocycles. The quantitative estimate of drug-likeness (QED) is 0.0275. The third kappa shape index (κ3) is 8.02. The van der Waals surface area contributed by atoms with Crippen LogP contribution in [0.4, 0.5) is 0 Å². The molecule has 0 radical (unpaired) electrons. The zero-order valence-electron chi connectivity index (χ0n) is 31.0. The van der Waals surface area contributed by atoms with E-state index in [1.807, 2.05) is 38.1 Å². The fraction of sp³-hybridized carbons (Fsp3) is 0.268. The molecule has 7 unspecified atom stereocenters. The largest absolute Gasteiger partial charge is 0.508 e. The number of ether oxygens (including phenoxy) is 3. The van der Waals surface area contributed by atoms with Crippen LogP contribution in [0.5, 0.6) is 11.5 Å². The number of carbonyl (C=O) groups is 3. The molecule has 0 spiro atoms. The number of fused-ring (bicyclic) bond motifs is 2. The number of nitrogens with one attached hydrogen (secondary N) is 2. The lowest BCUT2D eigenvalue weighted by Gasteiger charge is -2.42. The number of hydrogen-bond donors (Lipinski definition) is 7. The van der Waals surface area contributed by atoms with Crippen molar-refractivity contribution >= 4 is 40.1 Å². The van der Waals surface area contributed by atoms with E-state index in [-0.39, 0.29) is 46.4 Å². The second-order valence-corrected chi connectivity index (χ2v) is 13.8. The Bertz CT molecular complexity index is 2510. The van der Waals surface area contributed by atoms with Crippen LogP contribution in [-0.4, -0.2) is 103 Å².